The topological polar surface area (TPSA) is 26.3 Å². The van der Waals surface area contributed by atoms with E-state index in [1.807, 2.05) is 25.1 Å². The number of carbonyl (C=O) groups excluding carboxylic acids is 1. The van der Waals surface area contributed by atoms with Crippen molar-refractivity contribution in [1.29, 1.82) is 0 Å². The Morgan fingerprint density at radius 3 is 2.32 bits per heavy atom. The highest BCUT2D eigenvalue weighted by Gasteiger charge is 2.14. The van der Waals surface area contributed by atoms with Crippen molar-refractivity contribution in [3.63, 3.8) is 0 Å². The first kappa shape index (κ1) is 17.5. The van der Waals surface area contributed by atoms with Crippen LogP contribution in [0, 0.1) is 13.8 Å². The molecule has 0 atom stereocenters. The molecule has 0 heterocycles. The standard InChI is InChI=1S/C21H16Cl2O2/c1-13-4-3-5-15(10-13)16-6-9-20(14(2)11-16)25-21(24)18-8-7-17(22)12-19(18)23/h3-12H,1-2H3. The maximum absolute atomic E-state index is 12.3. The molecule has 0 fully saturated rings. The van der Waals surface area contributed by atoms with Crippen LogP contribution < -0.4 is 4.74 Å². The zero-order valence-electron chi connectivity index (χ0n) is 13.8. The molecule has 4 heteroatoms. The first-order chi connectivity index (χ1) is 11.9. The number of ether oxygens (including phenoxy) is 1. The van der Waals surface area contributed by atoms with Crippen LogP contribution in [0.4, 0.5) is 0 Å². The van der Waals surface area contributed by atoms with E-state index in [-0.39, 0.29) is 10.6 Å². The van der Waals surface area contributed by atoms with Gasteiger partial charge in [0.25, 0.3) is 0 Å². The Kier molecular flexibility index (Phi) is 5.12. The zero-order chi connectivity index (χ0) is 18.0. The van der Waals surface area contributed by atoms with Crippen LogP contribution >= 0.6 is 23.2 Å². The van der Waals surface area contributed by atoms with Gasteiger partial charge in [-0.3, -0.25) is 0 Å². The molecule has 0 unspecified atom stereocenters. The fraction of sp³-hybridized carbons (Fsp3) is 0.0952. The molecule has 0 aromatic heterocycles. The number of esters is 1. The van der Waals surface area contributed by atoms with Gasteiger partial charge in [-0.15, -0.1) is 0 Å². The molecule has 0 bridgehead atoms. The second-order valence-electron chi connectivity index (χ2n) is 5.86. The summed E-state index contributed by atoms with van der Waals surface area (Å²) < 4.78 is 5.50. The monoisotopic (exact) mass is 370 g/mol. The van der Waals surface area contributed by atoms with Gasteiger partial charge in [0.15, 0.2) is 0 Å². The number of carbonyl (C=O) groups is 1. The lowest BCUT2D eigenvalue weighted by atomic mass is 10.0. The minimum atomic E-state index is -0.506. The molecule has 0 saturated carbocycles. The predicted octanol–water partition coefficient (Wildman–Crippen LogP) is 6.50. The molecule has 0 aliphatic rings. The van der Waals surface area contributed by atoms with Gasteiger partial charge in [-0.25, -0.2) is 4.79 Å². The molecule has 0 aliphatic carbocycles. The first-order valence-electron chi connectivity index (χ1n) is 7.79. The number of benzene rings is 3. The summed E-state index contributed by atoms with van der Waals surface area (Å²) in [5, 5.41) is 0.742. The van der Waals surface area contributed by atoms with Crippen molar-refractivity contribution in [2.45, 2.75) is 13.8 Å². The Bertz CT molecular complexity index is 948. The third-order valence-electron chi connectivity index (χ3n) is 3.88. The summed E-state index contributed by atoms with van der Waals surface area (Å²) in [5.74, 6) is 0.000456. The van der Waals surface area contributed by atoms with Crippen molar-refractivity contribution in [3.8, 4) is 16.9 Å². The first-order valence-corrected chi connectivity index (χ1v) is 8.54. The van der Waals surface area contributed by atoms with Gasteiger partial charge in [0, 0.05) is 5.02 Å². The molecular weight excluding hydrogens is 355 g/mol. The largest absolute Gasteiger partial charge is 0.423 e. The fourth-order valence-electron chi connectivity index (χ4n) is 2.58. The highest BCUT2D eigenvalue weighted by atomic mass is 35.5. The highest BCUT2D eigenvalue weighted by Crippen LogP contribution is 2.28. The summed E-state index contributed by atoms with van der Waals surface area (Å²) in [5.41, 5.74) is 4.56. The second-order valence-corrected chi connectivity index (χ2v) is 6.71. The summed E-state index contributed by atoms with van der Waals surface area (Å²) in [4.78, 5) is 12.3. The van der Waals surface area contributed by atoms with Crippen LogP contribution in [-0.2, 0) is 0 Å². The molecule has 3 rings (SSSR count). The molecule has 0 aliphatic heterocycles. The third-order valence-corrected chi connectivity index (χ3v) is 4.43. The molecule has 0 spiro atoms. The van der Waals surface area contributed by atoms with E-state index in [4.69, 9.17) is 27.9 Å². The van der Waals surface area contributed by atoms with Gasteiger partial charge in [-0.1, -0.05) is 59.1 Å². The van der Waals surface area contributed by atoms with Crippen molar-refractivity contribution in [2.75, 3.05) is 0 Å². The van der Waals surface area contributed by atoms with Crippen molar-refractivity contribution in [2.24, 2.45) is 0 Å². The summed E-state index contributed by atoms with van der Waals surface area (Å²) in [7, 11) is 0. The minimum absolute atomic E-state index is 0.270. The normalized spacial score (nSPS) is 10.6. The molecule has 0 saturated heterocycles. The van der Waals surface area contributed by atoms with Crippen LogP contribution in [0.5, 0.6) is 5.75 Å². The van der Waals surface area contributed by atoms with Gasteiger partial charge < -0.3 is 4.74 Å². The van der Waals surface area contributed by atoms with Crippen molar-refractivity contribution in [3.05, 3.63) is 87.4 Å². The number of rotatable bonds is 3. The van der Waals surface area contributed by atoms with E-state index < -0.39 is 5.97 Å². The molecule has 0 radical (unpaired) electrons. The smallest absolute Gasteiger partial charge is 0.345 e. The Morgan fingerprint density at radius 1 is 0.880 bits per heavy atom. The van der Waals surface area contributed by atoms with E-state index in [0.717, 1.165) is 16.7 Å². The van der Waals surface area contributed by atoms with Crippen LogP contribution in [0.3, 0.4) is 0 Å². The SMILES string of the molecule is Cc1cccc(-c2ccc(OC(=O)c3ccc(Cl)cc3Cl)c(C)c2)c1. The lowest BCUT2D eigenvalue weighted by Gasteiger charge is -2.11. The molecule has 3 aromatic rings. The van der Waals surface area contributed by atoms with Gasteiger partial charge in [0.05, 0.1) is 10.6 Å². The van der Waals surface area contributed by atoms with Gasteiger partial charge in [-0.2, -0.15) is 0 Å². The van der Waals surface area contributed by atoms with Gasteiger partial charge in [0.2, 0.25) is 0 Å². The maximum atomic E-state index is 12.3. The lowest BCUT2D eigenvalue weighted by molar-refractivity contribution is 0.0734. The third kappa shape index (κ3) is 4.04. The Balaban J connectivity index is 1.85. The molecule has 126 valence electrons. The van der Waals surface area contributed by atoms with Crippen molar-refractivity contribution < 1.29 is 9.53 Å². The number of halogens is 2. The van der Waals surface area contributed by atoms with Gasteiger partial charge >= 0.3 is 5.97 Å². The number of aryl methyl sites for hydroxylation is 2. The van der Waals surface area contributed by atoms with Gasteiger partial charge in [-0.05, 0) is 60.9 Å². The van der Waals surface area contributed by atoms with E-state index in [2.05, 4.69) is 25.1 Å². The lowest BCUT2D eigenvalue weighted by Crippen LogP contribution is -2.10. The van der Waals surface area contributed by atoms with Gasteiger partial charge in [0.1, 0.15) is 5.75 Å². The Labute approximate surface area is 157 Å². The van der Waals surface area contributed by atoms with Crippen LogP contribution in [0.25, 0.3) is 11.1 Å². The molecular formula is C21H16Cl2O2. The molecule has 2 nitrogen and oxygen atoms in total. The van der Waals surface area contributed by atoms with Crippen LogP contribution in [0.1, 0.15) is 21.5 Å². The Hall–Kier alpha value is -2.29. The number of hydrogen-bond acceptors (Lipinski definition) is 2. The Morgan fingerprint density at radius 2 is 1.64 bits per heavy atom. The number of hydrogen-bond donors (Lipinski definition) is 0. The van der Waals surface area contributed by atoms with E-state index in [1.165, 1.54) is 11.6 Å². The summed E-state index contributed by atoms with van der Waals surface area (Å²) in [6.45, 7) is 3.97. The van der Waals surface area contributed by atoms with Crippen molar-refractivity contribution >= 4 is 29.2 Å². The van der Waals surface area contributed by atoms with Crippen LogP contribution in [-0.4, -0.2) is 5.97 Å². The van der Waals surface area contributed by atoms with Crippen LogP contribution in [0.15, 0.2) is 60.7 Å². The molecule has 25 heavy (non-hydrogen) atoms. The van der Waals surface area contributed by atoms with E-state index in [0.29, 0.717) is 10.8 Å². The minimum Gasteiger partial charge on any atom is -0.423 e. The summed E-state index contributed by atoms with van der Waals surface area (Å²) in [6.07, 6.45) is 0. The van der Waals surface area contributed by atoms with Crippen molar-refractivity contribution in [1.82, 2.24) is 0 Å². The zero-order valence-corrected chi connectivity index (χ0v) is 15.4. The highest BCUT2D eigenvalue weighted by molar-refractivity contribution is 6.36. The quantitative estimate of drug-likeness (QED) is 0.388. The summed E-state index contributed by atoms with van der Waals surface area (Å²) >= 11 is 11.9. The van der Waals surface area contributed by atoms with E-state index in [1.54, 1.807) is 18.2 Å². The van der Waals surface area contributed by atoms with Crippen LogP contribution in [0.2, 0.25) is 10.0 Å². The van der Waals surface area contributed by atoms with E-state index in [9.17, 15) is 4.79 Å². The maximum Gasteiger partial charge on any atom is 0.345 e. The fourth-order valence-corrected chi connectivity index (χ4v) is 3.06. The second kappa shape index (κ2) is 7.30. The summed E-state index contributed by atoms with van der Waals surface area (Å²) in [6, 6.07) is 18.7. The van der Waals surface area contributed by atoms with E-state index >= 15 is 0 Å². The molecule has 3 aromatic carbocycles. The average Bonchev–Trinajstić information content (AvgIpc) is 2.56. The average molecular weight is 371 g/mol. The predicted molar refractivity (Wildman–Crippen MR) is 103 cm³/mol. The molecule has 0 amide bonds. The molecule has 0 N–H and O–H groups in total.